The maximum atomic E-state index is 10.9. The quantitative estimate of drug-likeness (QED) is 0.683. The molecule has 1 aromatic carbocycles. The molecule has 5 nitrogen and oxygen atoms in total. The summed E-state index contributed by atoms with van der Waals surface area (Å²) in [7, 11) is -3.08. The lowest BCUT2D eigenvalue weighted by atomic mass is 10.2. The Morgan fingerprint density at radius 2 is 2.10 bits per heavy atom. The molecular formula is C13H18ClN3O2S. The first-order valence-corrected chi connectivity index (χ1v) is 8.63. The van der Waals surface area contributed by atoms with E-state index in [0.29, 0.717) is 11.6 Å². The molecule has 0 fully saturated rings. The smallest absolute Gasteiger partial charge is 0.208 e. The van der Waals surface area contributed by atoms with Crippen LogP contribution in [0.25, 0.3) is 10.9 Å². The van der Waals surface area contributed by atoms with Gasteiger partial charge < -0.3 is 10.3 Å². The van der Waals surface area contributed by atoms with E-state index in [2.05, 4.69) is 15.0 Å². The van der Waals surface area contributed by atoms with Gasteiger partial charge in [0.15, 0.2) is 0 Å². The highest BCUT2D eigenvalue weighted by molar-refractivity contribution is 7.88. The maximum Gasteiger partial charge on any atom is 0.208 e. The highest BCUT2D eigenvalue weighted by atomic mass is 35.5. The first-order chi connectivity index (χ1) is 9.46. The van der Waals surface area contributed by atoms with Gasteiger partial charge in [-0.1, -0.05) is 17.7 Å². The fourth-order valence-electron chi connectivity index (χ4n) is 2.00. The molecule has 0 amide bonds. The van der Waals surface area contributed by atoms with Gasteiger partial charge in [-0.2, -0.15) is 0 Å². The summed E-state index contributed by atoms with van der Waals surface area (Å²) in [5.74, 6) is 0. The van der Waals surface area contributed by atoms with E-state index in [-0.39, 0.29) is 0 Å². The average molecular weight is 316 g/mol. The fraction of sp³-hybridized carbons (Fsp3) is 0.385. The van der Waals surface area contributed by atoms with E-state index in [0.717, 1.165) is 36.7 Å². The number of aromatic nitrogens is 1. The zero-order valence-electron chi connectivity index (χ0n) is 11.2. The van der Waals surface area contributed by atoms with E-state index in [1.54, 1.807) is 0 Å². The zero-order chi connectivity index (χ0) is 14.6. The first kappa shape index (κ1) is 15.3. The standard InChI is InChI=1S/C13H18ClN3O2S/c1-20(18,19)17-6-2-5-15-8-10-9-16-13-7-11(14)3-4-12(10)13/h3-4,7,9,15-17H,2,5-6,8H2,1H3. The maximum absolute atomic E-state index is 10.9. The Morgan fingerprint density at radius 3 is 2.85 bits per heavy atom. The van der Waals surface area contributed by atoms with Crippen LogP contribution >= 0.6 is 11.6 Å². The second-order valence-corrected chi connectivity index (χ2v) is 6.97. The van der Waals surface area contributed by atoms with Crippen molar-refractivity contribution in [3.63, 3.8) is 0 Å². The van der Waals surface area contributed by atoms with Gasteiger partial charge in [0, 0.05) is 35.2 Å². The van der Waals surface area contributed by atoms with E-state index < -0.39 is 10.0 Å². The van der Waals surface area contributed by atoms with Crippen LogP contribution in [0.15, 0.2) is 24.4 Å². The fourth-order valence-corrected chi connectivity index (χ4v) is 2.69. The molecule has 2 rings (SSSR count). The highest BCUT2D eigenvalue weighted by Gasteiger charge is 2.04. The van der Waals surface area contributed by atoms with Crippen molar-refractivity contribution < 1.29 is 8.42 Å². The molecule has 0 saturated heterocycles. The third kappa shape index (κ3) is 4.49. The van der Waals surface area contributed by atoms with Crippen molar-refractivity contribution in [3.8, 4) is 0 Å². The highest BCUT2D eigenvalue weighted by Crippen LogP contribution is 2.21. The lowest BCUT2D eigenvalue weighted by molar-refractivity contribution is 0.579. The van der Waals surface area contributed by atoms with E-state index in [1.165, 1.54) is 5.56 Å². The second-order valence-electron chi connectivity index (χ2n) is 4.70. The van der Waals surface area contributed by atoms with Crippen LogP contribution in [-0.2, 0) is 16.6 Å². The summed E-state index contributed by atoms with van der Waals surface area (Å²) in [4.78, 5) is 3.18. The first-order valence-electron chi connectivity index (χ1n) is 6.36. The summed E-state index contributed by atoms with van der Waals surface area (Å²) in [5, 5.41) is 5.16. The van der Waals surface area contributed by atoms with Gasteiger partial charge in [0.2, 0.25) is 10.0 Å². The number of benzene rings is 1. The molecule has 110 valence electrons. The van der Waals surface area contributed by atoms with Crippen molar-refractivity contribution in [3.05, 3.63) is 35.0 Å². The molecule has 20 heavy (non-hydrogen) atoms. The molecule has 0 atom stereocenters. The van der Waals surface area contributed by atoms with Crippen LogP contribution in [0.2, 0.25) is 5.02 Å². The van der Waals surface area contributed by atoms with E-state index in [4.69, 9.17) is 11.6 Å². The Balaban J connectivity index is 1.79. The minimum atomic E-state index is -3.08. The van der Waals surface area contributed by atoms with Crippen molar-refractivity contribution in [2.45, 2.75) is 13.0 Å². The topological polar surface area (TPSA) is 74.0 Å². The number of H-pyrrole nitrogens is 1. The van der Waals surface area contributed by atoms with Crippen LogP contribution in [0.4, 0.5) is 0 Å². The van der Waals surface area contributed by atoms with Crippen LogP contribution in [0.1, 0.15) is 12.0 Å². The third-order valence-corrected chi connectivity index (χ3v) is 3.90. The monoisotopic (exact) mass is 315 g/mol. The second kappa shape index (κ2) is 6.58. The molecule has 7 heteroatoms. The largest absolute Gasteiger partial charge is 0.361 e. The predicted molar refractivity (Wildman–Crippen MR) is 82.5 cm³/mol. The molecule has 2 aromatic rings. The molecular weight excluding hydrogens is 298 g/mol. The van der Waals surface area contributed by atoms with Gasteiger partial charge in [-0.25, -0.2) is 13.1 Å². The number of nitrogens with one attached hydrogen (secondary N) is 3. The normalized spacial score (nSPS) is 12.1. The van der Waals surface area contributed by atoms with Gasteiger partial charge >= 0.3 is 0 Å². The van der Waals surface area contributed by atoms with Gasteiger partial charge in [0.25, 0.3) is 0 Å². The Hall–Kier alpha value is -1.08. The molecule has 0 unspecified atom stereocenters. The van der Waals surface area contributed by atoms with E-state index in [9.17, 15) is 8.42 Å². The van der Waals surface area contributed by atoms with Crippen LogP contribution in [0, 0.1) is 0 Å². The van der Waals surface area contributed by atoms with Gasteiger partial charge in [-0.05, 0) is 30.7 Å². The van der Waals surface area contributed by atoms with Crippen molar-refractivity contribution >= 4 is 32.5 Å². The number of hydrogen-bond acceptors (Lipinski definition) is 3. The van der Waals surface area contributed by atoms with Crippen LogP contribution in [0.5, 0.6) is 0 Å². The Bertz CT molecular complexity index is 682. The number of sulfonamides is 1. The van der Waals surface area contributed by atoms with Crippen molar-refractivity contribution in [1.82, 2.24) is 15.0 Å². The number of rotatable bonds is 7. The third-order valence-electron chi connectivity index (χ3n) is 2.94. The number of hydrogen-bond donors (Lipinski definition) is 3. The molecule has 3 N–H and O–H groups in total. The average Bonchev–Trinajstić information content (AvgIpc) is 2.74. The lowest BCUT2D eigenvalue weighted by Gasteiger charge is -2.04. The molecule has 0 radical (unpaired) electrons. The van der Waals surface area contributed by atoms with Crippen LogP contribution in [0.3, 0.4) is 0 Å². The van der Waals surface area contributed by atoms with Crippen molar-refractivity contribution in [2.24, 2.45) is 0 Å². The molecule has 1 aromatic heterocycles. The number of aromatic amines is 1. The lowest BCUT2D eigenvalue weighted by Crippen LogP contribution is -2.26. The van der Waals surface area contributed by atoms with Gasteiger partial charge in [-0.3, -0.25) is 0 Å². The SMILES string of the molecule is CS(=O)(=O)NCCCNCc1c[nH]c2cc(Cl)ccc12. The molecule has 0 aliphatic rings. The molecule has 0 aliphatic heterocycles. The minimum Gasteiger partial charge on any atom is -0.361 e. The Labute approximate surface area is 123 Å². The summed E-state index contributed by atoms with van der Waals surface area (Å²) in [6.45, 7) is 1.94. The molecule has 0 aliphatic carbocycles. The van der Waals surface area contributed by atoms with Crippen molar-refractivity contribution in [2.75, 3.05) is 19.3 Å². The van der Waals surface area contributed by atoms with Crippen molar-refractivity contribution in [1.29, 1.82) is 0 Å². The summed E-state index contributed by atoms with van der Waals surface area (Å²) in [5.41, 5.74) is 2.20. The van der Waals surface area contributed by atoms with Crippen LogP contribution < -0.4 is 10.0 Å². The molecule has 0 spiro atoms. The summed E-state index contributed by atoms with van der Waals surface area (Å²) in [6, 6.07) is 5.77. The summed E-state index contributed by atoms with van der Waals surface area (Å²) < 4.78 is 24.2. The van der Waals surface area contributed by atoms with Crippen LogP contribution in [-0.4, -0.2) is 32.7 Å². The van der Waals surface area contributed by atoms with Gasteiger partial charge in [-0.15, -0.1) is 0 Å². The summed E-state index contributed by atoms with van der Waals surface area (Å²) in [6.07, 6.45) is 3.88. The van der Waals surface area contributed by atoms with E-state index in [1.807, 2.05) is 24.4 Å². The predicted octanol–water partition coefficient (Wildman–Crippen LogP) is 1.85. The molecule has 0 bridgehead atoms. The minimum absolute atomic E-state index is 0.454. The zero-order valence-corrected chi connectivity index (χ0v) is 12.8. The summed E-state index contributed by atoms with van der Waals surface area (Å²) >= 11 is 5.93. The molecule has 1 heterocycles. The Kier molecular flexibility index (Phi) is 5.04. The van der Waals surface area contributed by atoms with E-state index >= 15 is 0 Å². The Morgan fingerprint density at radius 1 is 1.30 bits per heavy atom. The van der Waals surface area contributed by atoms with Gasteiger partial charge in [0.05, 0.1) is 6.26 Å². The number of fused-ring (bicyclic) bond motifs is 1. The number of halogens is 1. The molecule has 0 saturated carbocycles. The van der Waals surface area contributed by atoms with Gasteiger partial charge in [0.1, 0.15) is 0 Å².